The van der Waals surface area contributed by atoms with Gasteiger partial charge in [0.25, 0.3) is 0 Å². The average Bonchev–Trinajstić information content (AvgIpc) is 3.40. The molecule has 168 valence electrons. The highest BCUT2D eigenvalue weighted by atomic mass is 16.7. The van der Waals surface area contributed by atoms with E-state index >= 15 is 0 Å². The summed E-state index contributed by atoms with van der Waals surface area (Å²) in [4.78, 5) is 16.3. The number of ether oxygens (including phenoxy) is 2. The number of hydrogen-bond acceptors (Lipinski definition) is 5. The van der Waals surface area contributed by atoms with Gasteiger partial charge in [0, 0.05) is 55.4 Å². The molecule has 8 heteroatoms. The maximum Gasteiger partial charge on any atom is 0.317 e. The molecule has 32 heavy (non-hydrogen) atoms. The smallest absolute Gasteiger partial charge is 0.317 e. The molecule has 1 saturated heterocycles. The number of carbonyl (C=O) groups excluding carboxylic acids is 1. The molecule has 0 bridgehead atoms. The van der Waals surface area contributed by atoms with Gasteiger partial charge in [0.05, 0.1) is 0 Å². The summed E-state index contributed by atoms with van der Waals surface area (Å²) < 4.78 is 13.1. The molecule has 0 spiro atoms. The number of benzene rings is 2. The summed E-state index contributed by atoms with van der Waals surface area (Å²) in [5, 5.41) is 3.87. The van der Waals surface area contributed by atoms with Gasteiger partial charge in [-0.05, 0) is 43.7 Å². The van der Waals surface area contributed by atoms with Crippen molar-refractivity contribution in [3.63, 3.8) is 0 Å². The molecule has 3 heterocycles. The number of hydrogen-bond donors (Lipinski definition) is 2. The van der Waals surface area contributed by atoms with E-state index in [1.54, 1.807) is 0 Å². The van der Waals surface area contributed by atoms with Gasteiger partial charge >= 0.3 is 6.03 Å². The zero-order valence-electron chi connectivity index (χ0n) is 18.1. The van der Waals surface area contributed by atoms with Crippen molar-refractivity contribution in [3.8, 4) is 11.5 Å². The van der Waals surface area contributed by atoms with Crippen LogP contribution in [0.2, 0.25) is 0 Å². The van der Waals surface area contributed by atoms with Gasteiger partial charge in [-0.1, -0.05) is 18.2 Å². The first-order valence-corrected chi connectivity index (χ1v) is 11.2. The lowest BCUT2D eigenvalue weighted by molar-refractivity contribution is 0.174. The van der Waals surface area contributed by atoms with Crippen LogP contribution in [0, 0.1) is 0 Å². The van der Waals surface area contributed by atoms with Gasteiger partial charge in [-0.25, -0.2) is 4.79 Å². The third-order valence-corrected chi connectivity index (χ3v) is 6.26. The van der Waals surface area contributed by atoms with Crippen LogP contribution in [0.1, 0.15) is 12.8 Å². The number of para-hydroxylation sites is 1. The Labute approximate surface area is 187 Å². The number of aromatic nitrogens is 1. The monoisotopic (exact) mass is 435 g/mol. The third kappa shape index (κ3) is 4.31. The van der Waals surface area contributed by atoms with Gasteiger partial charge in [-0.2, -0.15) is 0 Å². The van der Waals surface area contributed by atoms with Gasteiger partial charge < -0.3 is 24.7 Å². The highest BCUT2D eigenvalue weighted by Gasteiger charge is 2.20. The number of fused-ring (bicyclic) bond motifs is 2. The molecule has 2 aliphatic rings. The van der Waals surface area contributed by atoms with E-state index in [0.717, 1.165) is 80.3 Å². The zero-order chi connectivity index (χ0) is 21.9. The molecule has 1 fully saturated rings. The zero-order valence-corrected chi connectivity index (χ0v) is 18.1. The number of amides is 2. The van der Waals surface area contributed by atoms with Crippen molar-refractivity contribution in [2.24, 2.45) is 5.73 Å². The SMILES string of the molecule is NC(=O)Nc1cc2ccccc2n1CCCCN1CCN(c2ccc3c(c2)OCO3)CC1. The van der Waals surface area contributed by atoms with Crippen molar-refractivity contribution < 1.29 is 14.3 Å². The number of nitrogens with two attached hydrogens (primary N) is 1. The van der Waals surface area contributed by atoms with E-state index in [4.69, 9.17) is 15.2 Å². The lowest BCUT2D eigenvalue weighted by Gasteiger charge is -2.36. The van der Waals surface area contributed by atoms with Crippen LogP contribution in [0.15, 0.2) is 48.5 Å². The third-order valence-electron chi connectivity index (χ3n) is 6.26. The second-order valence-electron chi connectivity index (χ2n) is 8.30. The maximum atomic E-state index is 11.4. The predicted molar refractivity (Wildman–Crippen MR) is 126 cm³/mol. The summed E-state index contributed by atoms with van der Waals surface area (Å²) in [6.07, 6.45) is 2.14. The van der Waals surface area contributed by atoms with Crippen molar-refractivity contribution >= 4 is 28.4 Å². The Hall–Kier alpha value is -3.39. The molecule has 2 aromatic carbocycles. The van der Waals surface area contributed by atoms with E-state index in [0.29, 0.717) is 6.79 Å². The first-order valence-electron chi connectivity index (χ1n) is 11.2. The van der Waals surface area contributed by atoms with Gasteiger partial charge in [0.2, 0.25) is 6.79 Å². The van der Waals surface area contributed by atoms with Crippen molar-refractivity contribution in [2.45, 2.75) is 19.4 Å². The summed E-state index contributed by atoms with van der Waals surface area (Å²) >= 11 is 0. The Kier molecular flexibility index (Phi) is 5.77. The van der Waals surface area contributed by atoms with Crippen LogP contribution in [-0.2, 0) is 6.54 Å². The fraction of sp³-hybridized carbons (Fsp3) is 0.375. The molecule has 8 nitrogen and oxygen atoms in total. The number of carbonyl (C=O) groups is 1. The summed E-state index contributed by atoms with van der Waals surface area (Å²) in [6.45, 7) is 6.35. The molecule has 0 saturated carbocycles. The Morgan fingerprint density at radius 1 is 0.938 bits per heavy atom. The van der Waals surface area contributed by atoms with Crippen LogP contribution >= 0.6 is 0 Å². The quantitative estimate of drug-likeness (QED) is 0.555. The number of urea groups is 1. The van der Waals surface area contributed by atoms with Gasteiger partial charge in [0.15, 0.2) is 11.5 Å². The fourth-order valence-electron chi connectivity index (χ4n) is 4.60. The molecule has 5 rings (SSSR count). The van der Waals surface area contributed by atoms with Gasteiger partial charge in [-0.3, -0.25) is 10.2 Å². The van der Waals surface area contributed by atoms with Crippen LogP contribution in [0.3, 0.4) is 0 Å². The van der Waals surface area contributed by atoms with E-state index in [1.165, 1.54) is 5.69 Å². The van der Waals surface area contributed by atoms with E-state index < -0.39 is 6.03 Å². The minimum atomic E-state index is -0.533. The lowest BCUT2D eigenvalue weighted by atomic mass is 10.2. The fourth-order valence-corrected chi connectivity index (χ4v) is 4.60. The van der Waals surface area contributed by atoms with Crippen molar-refractivity contribution in [1.29, 1.82) is 0 Å². The average molecular weight is 436 g/mol. The molecule has 3 aromatic rings. The van der Waals surface area contributed by atoms with E-state index in [2.05, 4.69) is 43.9 Å². The molecule has 0 radical (unpaired) electrons. The lowest BCUT2D eigenvalue weighted by Crippen LogP contribution is -2.46. The van der Waals surface area contributed by atoms with Crippen LogP contribution < -0.4 is 25.4 Å². The standard InChI is InChI=1S/C24H29N5O3/c25-24(30)26-23-15-18-5-1-2-6-20(18)29(23)10-4-3-9-27-11-13-28(14-12-27)19-7-8-21-22(16-19)32-17-31-21/h1-2,5-8,15-16H,3-4,9-14,17H2,(H3,25,26,30). The van der Waals surface area contributed by atoms with E-state index in [-0.39, 0.29) is 0 Å². The Balaban J connectivity index is 1.11. The largest absolute Gasteiger partial charge is 0.454 e. The Morgan fingerprint density at radius 2 is 1.72 bits per heavy atom. The number of nitrogens with zero attached hydrogens (tertiary/aromatic N) is 3. The number of piperazine rings is 1. The van der Waals surface area contributed by atoms with E-state index in [1.807, 2.05) is 24.3 Å². The Bertz CT molecular complexity index is 1100. The molecule has 2 amide bonds. The van der Waals surface area contributed by atoms with Crippen LogP contribution in [-0.4, -0.2) is 55.0 Å². The summed E-state index contributed by atoms with van der Waals surface area (Å²) in [7, 11) is 0. The van der Waals surface area contributed by atoms with Crippen molar-refractivity contribution in [3.05, 3.63) is 48.5 Å². The molecule has 0 aliphatic carbocycles. The van der Waals surface area contributed by atoms with Crippen LogP contribution in [0.5, 0.6) is 11.5 Å². The number of primary amides is 1. The first kappa shape index (κ1) is 20.5. The molecule has 0 atom stereocenters. The van der Waals surface area contributed by atoms with Crippen LogP contribution in [0.4, 0.5) is 16.3 Å². The second-order valence-corrected chi connectivity index (χ2v) is 8.30. The van der Waals surface area contributed by atoms with Gasteiger partial charge in [-0.15, -0.1) is 0 Å². The van der Waals surface area contributed by atoms with Gasteiger partial charge in [0.1, 0.15) is 5.82 Å². The predicted octanol–water partition coefficient (Wildman–Crippen LogP) is 3.46. The number of rotatable bonds is 7. The normalized spacial score (nSPS) is 15.9. The topological polar surface area (TPSA) is 85.0 Å². The molecule has 2 aliphatic heterocycles. The summed E-state index contributed by atoms with van der Waals surface area (Å²) in [5.41, 5.74) is 7.68. The minimum absolute atomic E-state index is 0.311. The summed E-state index contributed by atoms with van der Waals surface area (Å²) in [5.74, 6) is 2.43. The summed E-state index contributed by atoms with van der Waals surface area (Å²) in [6, 6.07) is 15.8. The van der Waals surface area contributed by atoms with E-state index in [9.17, 15) is 4.79 Å². The molecule has 1 aromatic heterocycles. The van der Waals surface area contributed by atoms with Crippen LogP contribution in [0.25, 0.3) is 10.9 Å². The number of nitrogens with one attached hydrogen (secondary N) is 1. The minimum Gasteiger partial charge on any atom is -0.454 e. The molecular weight excluding hydrogens is 406 g/mol. The molecular formula is C24H29N5O3. The maximum absolute atomic E-state index is 11.4. The highest BCUT2D eigenvalue weighted by Crippen LogP contribution is 2.35. The number of aryl methyl sites for hydroxylation is 1. The van der Waals surface area contributed by atoms with Crippen molar-refractivity contribution in [2.75, 3.05) is 49.7 Å². The second kappa shape index (κ2) is 9.00. The number of anilines is 2. The molecule has 0 unspecified atom stereocenters. The first-order chi connectivity index (χ1) is 15.7. The van der Waals surface area contributed by atoms with Crippen molar-refractivity contribution in [1.82, 2.24) is 9.47 Å². The highest BCUT2D eigenvalue weighted by molar-refractivity contribution is 5.92. The Morgan fingerprint density at radius 3 is 2.56 bits per heavy atom. The number of unbranched alkanes of at least 4 members (excludes halogenated alkanes) is 1. The molecule has 3 N–H and O–H groups in total.